The van der Waals surface area contributed by atoms with E-state index in [1.54, 1.807) is 0 Å². The predicted molar refractivity (Wildman–Crippen MR) is 57.5 cm³/mol. The average Bonchev–Trinajstić information content (AvgIpc) is 2.28. The molecule has 1 radical (unpaired) electrons. The summed E-state index contributed by atoms with van der Waals surface area (Å²) in [5.41, 5.74) is 2.91. The summed E-state index contributed by atoms with van der Waals surface area (Å²) in [5.74, 6) is 0. The van der Waals surface area contributed by atoms with E-state index < -0.39 is 0 Å². The van der Waals surface area contributed by atoms with Crippen molar-refractivity contribution in [3.8, 4) is 0 Å². The minimum Gasteiger partial charge on any atom is -2.00 e. The standard InChI is InChI=1S/C11H20N2.4O.Re/c1-10(2,3)8-7-9(13-12-8)11(4,5)6;;;;;/h7H,1-6H3,(H,12,13);;;;;/q;4*-2;/p+1. The van der Waals surface area contributed by atoms with Crippen LogP contribution in [0.2, 0.25) is 0 Å². The second kappa shape index (κ2) is 9.62. The van der Waals surface area contributed by atoms with Crippen molar-refractivity contribution in [3.63, 3.8) is 0 Å². The molecule has 0 amide bonds. The van der Waals surface area contributed by atoms with Crippen molar-refractivity contribution in [2.75, 3.05) is 0 Å². The fourth-order valence-electron chi connectivity index (χ4n) is 1.16. The molecule has 6 nitrogen and oxygen atoms in total. The first-order valence-electron chi connectivity index (χ1n) is 4.83. The Morgan fingerprint density at radius 2 is 1.22 bits per heavy atom. The molecule has 1 aromatic rings. The van der Waals surface area contributed by atoms with Gasteiger partial charge < -0.3 is 21.9 Å². The van der Waals surface area contributed by atoms with Crippen LogP contribution in [0.1, 0.15) is 52.9 Å². The summed E-state index contributed by atoms with van der Waals surface area (Å²) in [4.78, 5) is 0. The van der Waals surface area contributed by atoms with E-state index in [2.05, 4.69) is 57.8 Å². The van der Waals surface area contributed by atoms with Crippen LogP contribution in [0, 0.1) is 0 Å². The summed E-state index contributed by atoms with van der Waals surface area (Å²) in [5, 5.41) is 6.45. The van der Waals surface area contributed by atoms with Gasteiger partial charge in [-0.3, -0.25) is 0 Å². The number of nitrogens with one attached hydrogen (secondary N) is 2. The quantitative estimate of drug-likeness (QED) is 0.640. The molecule has 0 aliphatic rings. The molecule has 0 aliphatic heterocycles. The second-order valence-electron chi connectivity index (χ2n) is 5.72. The third kappa shape index (κ3) is 7.93. The summed E-state index contributed by atoms with van der Waals surface area (Å²) in [6.45, 7) is 13.2. The smallest absolute Gasteiger partial charge is 0.210 e. The van der Waals surface area contributed by atoms with E-state index in [4.69, 9.17) is 0 Å². The van der Waals surface area contributed by atoms with Gasteiger partial charge in [-0.05, 0) is 0 Å². The van der Waals surface area contributed by atoms with Gasteiger partial charge in [-0.2, -0.15) is 5.10 Å². The van der Waals surface area contributed by atoms with Crippen LogP contribution in [0.4, 0.5) is 0 Å². The molecular formula is C11H21N2O4Re-7. The topological polar surface area (TPSA) is 144 Å². The molecule has 2 N–H and O–H groups in total. The number of aromatic amines is 2. The van der Waals surface area contributed by atoms with Crippen molar-refractivity contribution in [1.82, 2.24) is 5.10 Å². The number of hydrogen-bond acceptors (Lipinski definition) is 0. The maximum absolute atomic E-state index is 3.23. The van der Waals surface area contributed by atoms with Crippen LogP contribution in [0.25, 0.3) is 0 Å². The molecule has 1 rings (SSSR count). The van der Waals surface area contributed by atoms with Crippen molar-refractivity contribution in [3.05, 3.63) is 17.5 Å². The normalized spacial score (nSPS) is 9.67. The van der Waals surface area contributed by atoms with E-state index in [9.17, 15) is 0 Å². The number of hydrogen-bond donors (Lipinski definition) is 1. The number of H-pyrrole nitrogens is 2. The van der Waals surface area contributed by atoms with Crippen LogP contribution in [0.5, 0.6) is 0 Å². The first-order chi connectivity index (χ1) is 5.71. The molecule has 1 aromatic heterocycles. The zero-order valence-corrected chi connectivity index (χ0v) is 14.3. The Balaban J connectivity index is -0.000000113. The molecule has 0 bridgehead atoms. The number of rotatable bonds is 0. The fraction of sp³-hybridized carbons (Fsp3) is 0.727. The van der Waals surface area contributed by atoms with Gasteiger partial charge in [-0.15, -0.1) is 5.10 Å². The Hall–Kier alpha value is -0.288. The predicted octanol–water partition coefficient (Wildman–Crippen LogP) is 1.95. The van der Waals surface area contributed by atoms with Gasteiger partial charge in [0, 0.05) is 37.3 Å². The van der Waals surface area contributed by atoms with Gasteiger partial charge in [0.05, 0.1) is 5.69 Å². The van der Waals surface area contributed by atoms with E-state index in [1.807, 2.05) is 0 Å². The Morgan fingerprint density at radius 3 is 1.39 bits per heavy atom. The minimum absolute atomic E-state index is 0. The van der Waals surface area contributed by atoms with Crippen LogP contribution in [-0.2, 0) is 53.2 Å². The van der Waals surface area contributed by atoms with Gasteiger partial charge in [0.25, 0.3) is 0 Å². The summed E-state index contributed by atoms with van der Waals surface area (Å²) < 4.78 is 0. The molecule has 0 saturated heterocycles. The van der Waals surface area contributed by atoms with E-state index in [-0.39, 0.29) is 53.2 Å². The molecule has 0 saturated carbocycles. The Labute approximate surface area is 122 Å². The molecular weight excluding hydrogens is 410 g/mol. The van der Waals surface area contributed by atoms with E-state index in [1.165, 1.54) is 11.4 Å². The van der Waals surface area contributed by atoms with Crippen LogP contribution < -0.4 is 5.10 Å². The molecule has 0 fully saturated rings. The zero-order valence-electron chi connectivity index (χ0n) is 11.6. The van der Waals surface area contributed by atoms with Crippen LogP contribution in [-0.4, -0.2) is 5.10 Å². The summed E-state index contributed by atoms with van der Waals surface area (Å²) >= 11 is 0. The minimum atomic E-state index is 0. The molecule has 0 aliphatic carbocycles. The third-order valence-electron chi connectivity index (χ3n) is 2.24. The fourth-order valence-corrected chi connectivity index (χ4v) is 1.16. The van der Waals surface area contributed by atoms with Gasteiger partial charge in [0.1, 0.15) is 0 Å². The monoisotopic (exact) mass is 432 g/mol. The van der Waals surface area contributed by atoms with Crippen LogP contribution in [0.15, 0.2) is 6.07 Å². The van der Waals surface area contributed by atoms with Gasteiger partial charge in [-0.1, -0.05) is 41.5 Å². The van der Waals surface area contributed by atoms with E-state index >= 15 is 0 Å². The van der Waals surface area contributed by atoms with Crippen molar-refractivity contribution in [1.29, 1.82) is 0 Å². The van der Waals surface area contributed by atoms with Gasteiger partial charge in [-0.25, -0.2) is 0 Å². The molecule has 0 atom stereocenters. The molecule has 0 aromatic carbocycles. The Kier molecular flexibility index (Phi) is 16.4. The van der Waals surface area contributed by atoms with Crippen LogP contribution >= 0.6 is 0 Å². The first kappa shape index (κ1) is 30.6. The summed E-state index contributed by atoms with van der Waals surface area (Å²) in [7, 11) is 0. The van der Waals surface area contributed by atoms with Crippen molar-refractivity contribution >= 4 is 0 Å². The maximum atomic E-state index is 3.23. The Bertz CT molecular complexity index is 274. The number of aromatic nitrogens is 2. The summed E-state index contributed by atoms with van der Waals surface area (Å²) in [6.07, 6.45) is 0. The largest absolute Gasteiger partial charge is 2.00 e. The zero-order chi connectivity index (χ0) is 10.3. The average molecular weight is 432 g/mol. The van der Waals surface area contributed by atoms with Gasteiger partial charge in [0.2, 0.25) is 5.69 Å². The van der Waals surface area contributed by atoms with Gasteiger partial charge in [0.15, 0.2) is 0 Å². The van der Waals surface area contributed by atoms with Crippen molar-refractivity contribution in [2.45, 2.75) is 52.4 Å². The third-order valence-corrected chi connectivity index (χ3v) is 2.24. The van der Waals surface area contributed by atoms with Crippen LogP contribution in [0.3, 0.4) is 0 Å². The molecule has 113 valence electrons. The van der Waals surface area contributed by atoms with Gasteiger partial charge >= 0.3 is 0 Å². The molecule has 0 spiro atoms. The molecule has 7 heteroatoms. The molecule has 1 heterocycles. The van der Waals surface area contributed by atoms with Crippen molar-refractivity contribution < 1.29 is 47.4 Å². The molecule has 18 heavy (non-hydrogen) atoms. The maximum Gasteiger partial charge on any atom is 0.210 e. The summed E-state index contributed by atoms with van der Waals surface area (Å²) in [6, 6.07) is 2.22. The van der Waals surface area contributed by atoms with E-state index in [0.717, 1.165) is 0 Å². The second-order valence-corrected chi connectivity index (χ2v) is 5.72. The van der Waals surface area contributed by atoms with Crippen molar-refractivity contribution in [2.24, 2.45) is 0 Å². The SMILES string of the molecule is CC(C)(C)c1cc(C(C)(C)C)[nH+][nH]1.[O-2].[O-2].[O-2].[O-2].[Re]. The Morgan fingerprint density at radius 1 is 0.833 bits per heavy atom. The first-order valence-corrected chi connectivity index (χ1v) is 4.83. The van der Waals surface area contributed by atoms with E-state index in [0.29, 0.717) is 0 Å². The molecule has 0 unspecified atom stereocenters.